The number of amides is 1. The summed E-state index contributed by atoms with van der Waals surface area (Å²) >= 11 is 0. The quantitative estimate of drug-likeness (QED) is 0.617. The molecule has 130 valence electrons. The third-order valence-electron chi connectivity index (χ3n) is 6.72. The Balaban J connectivity index is 1.36. The van der Waals surface area contributed by atoms with E-state index in [0.717, 1.165) is 36.2 Å². The average Bonchev–Trinajstić information content (AvgIpc) is 2.53. The molecule has 4 heteroatoms. The predicted octanol–water partition coefficient (Wildman–Crippen LogP) is 4.48. The molecule has 4 fully saturated rings. The molecule has 0 spiro atoms. The molecule has 0 atom stereocenters. The van der Waals surface area contributed by atoms with Crippen molar-refractivity contribution in [3.8, 4) is 0 Å². The van der Waals surface area contributed by atoms with E-state index in [9.17, 15) is 9.18 Å². The first-order chi connectivity index (χ1) is 11.6. The first kappa shape index (κ1) is 16.1. The third kappa shape index (κ3) is 2.97. The summed E-state index contributed by atoms with van der Waals surface area (Å²) in [6.07, 6.45) is 11.9. The summed E-state index contributed by atoms with van der Waals surface area (Å²) in [5.41, 5.74) is 2.88. The van der Waals surface area contributed by atoms with E-state index in [-0.39, 0.29) is 5.56 Å². The Hall–Kier alpha value is -1.42. The van der Waals surface area contributed by atoms with E-state index in [2.05, 4.69) is 0 Å². The number of nitrogens with one attached hydrogen (secondary N) is 1. The molecule has 24 heavy (non-hydrogen) atoms. The molecule has 0 heterocycles. The minimum Gasteiger partial charge on any atom is -0.288 e. The van der Waals surface area contributed by atoms with Crippen molar-refractivity contribution in [2.24, 2.45) is 23.2 Å². The van der Waals surface area contributed by atoms with Crippen molar-refractivity contribution >= 4 is 5.91 Å². The summed E-state index contributed by atoms with van der Waals surface area (Å²) in [7, 11) is 0. The summed E-state index contributed by atoms with van der Waals surface area (Å²) in [6.45, 7) is 0. The summed E-state index contributed by atoms with van der Waals surface area (Å²) in [4.78, 5) is 11.3. The lowest BCUT2D eigenvalue weighted by molar-refractivity contribution is -0.0580. The topological polar surface area (TPSA) is 49.3 Å². The minimum atomic E-state index is -0.799. The van der Waals surface area contributed by atoms with Crippen LogP contribution in [-0.4, -0.2) is 11.1 Å². The van der Waals surface area contributed by atoms with Crippen molar-refractivity contribution in [2.75, 3.05) is 0 Å². The average molecular weight is 331 g/mol. The molecule has 4 saturated carbocycles. The molecule has 4 bridgehead atoms. The number of carbonyl (C=O) groups is 1. The number of carbonyl (C=O) groups excluding carboxylic acids is 1. The number of aryl methyl sites for hydroxylation is 1. The number of hydroxylamine groups is 1. The Kier molecular flexibility index (Phi) is 4.11. The summed E-state index contributed by atoms with van der Waals surface area (Å²) in [5.74, 6) is 1.57. The zero-order valence-corrected chi connectivity index (χ0v) is 14.1. The number of benzene rings is 1. The second kappa shape index (κ2) is 6.14. The van der Waals surface area contributed by atoms with Gasteiger partial charge in [0.2, 0.25) is 0 Å². The highest BCUT2D eigenvalue weighted by atomic mass is 19.1. The highest BCUT2D eigenvalue weighted by molar-refractivity contribution is 5.93. The summed E-state index contributed by atoms with van der Waals surface area (Å²) in [5, 5.41) is 8.61. The van der Waals surface area contributed by atoms with Crippen LogP contribution in [0.15, 0.2) is 18.2 Å². The fourth-order valence-corrected chi connectivity index (χ4v) is 6.22. The second-order valence-corrected chi connectivity index (χ2v) is 8.53. The van der Waals surface area contributed by atoms with E-state index in [4.69, 9.17) is 5.21 Å². The number of hydrogen-bond acceptors (Lipinski definition) is 2. The van der Waals surface area contributed by atoms with E-state index in [1.807, 2.05) is 0 Å². The van der Waals surface area contributed by atoms with Crippen LogP contribution in [0.25, 0.3) is 0 Å². The van der Waals surface area contributed by atoms with Gasteiger partial charge in [-0.1, -0.05) is 6.07 Å². The lowest BCUT2D eigenvalue weighted by Gasteiger charge is -2.57. The van der Waals surface area contributed by atoms with Crippen molar-refractivity contribution in [1.82, 2.24) is 5.48 Å². The molecule has 4 aliphatic carbocycles. The van der Waals surface area contributed by atoms with Crippen LogP contribution in [0.5, 0.6) is 0 Å². The van der Waals surface area contributed by atoms with Gasteiger partial charge in [-0.05, 0) is 98.7 Å². The van der Waals surface area contributed by atoms with Crippen molar-refractivity contribution in [3.63, 3.8) is 0 Å². The maximum absolute atomic E-state index is 14.0. The van der Waals surface area contributed by atoms with Crippen LogP contribution >= 0.6 is 0 Å². The molecule has 0 aliphatic heterocycles. The highest BCUT2D eigenvalue weighted by Crippen LogP contribution is 2.61. The van der Waals surface area contributed by atoms with Crippen LogP contribution in [0.2, 0.25) is 0 Å². The Morgan fingerprint density at radius 1 is 1.17 bits per heavy atom. The van der Waals surface area contributed by atoms with Gasteiger partial charge in [0.15, 0.2) is 0 Å². The molecule has 2 N–H and O–H groups in total. The van der Waals surface area contributed by atoms with E-state index < -0.39 is 11.7 Å². The first-order valence-electron chi connectivity index (χ1n) is 9.30. The second-order valence-electron chi connectivity index (χ2n) is 8.53. The molecule has 5 rings (SSSR count). The Bertz CT molecular complexity index is 607. The minimum absolute atomic E-state index is 0.109. The smallest absolute Gasteiger partial charge is 0.277 e. The Morgan fingerprint density at radius 3 is 2.33 bits per heavy atom. The molecule has 1 aromatic rings. The molecule has 0 saturated heterocycles. The molecule has 1 amide bonds. The number of halogens is 1. The standard InChI is InChI=1S/C20H26FNO2/c21-18-9-13(3-4-17(18)19(23)22-24)2-1-5-20-10-14-6-15(11-20)8-16(7-14)12-20/h3-4,9,14-16,24H,1-2,5-8,10-12H2,(H,22,23). The van der Waals surface area contributed by atoms with Crippen LogP contribution in [0, 0.1) is 29.0 Å². The van der Waals surface area contributed by atoms with E-state index >= 15 is 0 Å². The van der Waals surface area contributed by atoms with Gasteiger partial charge >= 0.3 is 0 Å². The molecular weight excluding hydrogens is 305 g/mol. The van der Waals surface area contributed by atoms with Crippen LogP contribution < -0.4 is 5.48 Å². The van der Waals surface area contributed by atoms with Crippen molar-refractivity contribution in [1.29, 1.82) is 0 Å². The van der Waals surface area contributed by atoms with Gasteiger partial charge in [-0.3, -0.25) is 10.0 Å². The lowest BCUT2D eigenvalue weighted by Crippen LogP contribution is -2.45. The zero-order chi connectivity index (χ0) is 16.7. The zero-order valence-electron chi connectivity index (χ0n) is 14.1. The SMILES string of the molecule is O=C(NO)c1ccc(CCCC23CC4CC(CC(C4)C2)C3)cc1F. The molecule has 0 radical (unpaired) electrons. The van der Waals surface area contributed by atoms with E-state index in [1.54, 1.807) is 6.07 Å². The van der Waals surface area contributed by atoms with Gasteiger partial charge in [-0.2, -0.15) is 0 Å². The fourth-order valence-electron chi connectivity index (χ4n) is 6.22. The monoisotopic (exact) mass is 331 g/mol. The highest BCUT2D eigenvalue weighted by Gasteiger charge is 2.50. The van der Waals surface area contributed by atoms with Crippen LogP contribution in [-0.2, 0) is 6.42 Å². The maximum atomic E-state index is 14.0. The largest absolute Gasteiger partial charge is 0.288 e. The van der Waals surface area contributed by atoms with E-state index in [1.165, 1.54) is 62.6 Å². The van der Waals surface area contributed by atoms with Gasteiger partial charge in [-0.15, -0.1) is 0 Å². The first-order valence-corrected chi connectivity index (χ1v) is 9.30. The van der Waals surface area contributed by atoms with Gasteiger partial charge in [0.05, 0.1) is 5.56 Å². The molecule has 0 aromatic heterocycles. The molecule has 1 aromatic carbocycles. The molecule has 3 nitrogen and oxygen atoms in total. The van der Waals surface area contributed by atoms with Gasteiger partial charge in [-0.25, -0.2) is 9.87 Å². The van der Waals surface area contributed by atoms with Crippen molar-refractivity contribution in [2.45, 2.75) is 57.8 Å². The lowest BCUT2D eigenvalue weighted by atomic mass is 9.48. The summed E-state index contributed by atoms with van der Waals surface area (Å²) in [6, 6.07) is 4.69. The number of hydrogen-bond donors (Lipinski definition) is 2. The molecular formula is C20H26FNO2. The Morgan fingerprint density at radius 2 is 1.79 bits per heavy atom. The van der Waals surface area contributed by atoms with Gasteiger partial charge < -0.3 is 0 Å². The maximum Gasteiger partial charge on any atom is 0.277 e. The third-order valence-corrected chi connectivity index (χ3v) is 6.72. The summed E-state index contributed by atoms with van der Waals surface area (Å²) < 4.78 is 14.0. The van der Waals surface area contributed by atoms with Gasteiger partial charge in [0.1, 0.15) is 5.82 Å². The molecule has 4 aliphatic rings. The molecule has 0 unspecified atom stereocenters. The number of rotatable bonds is 5. The van der Waals surface area contributed by atoms with Crippen molar-refractivity contribution in [3.05, 3.63) is 35.1 Å². The van der Waals surface area contributed by atoms with Crippen LogP contribution in [0.3, 0.4) is 0 Å². The fraction of sp³-hybridized carbons (Fsp3) is 0.650. The van der Waals surface area contributed by atoms with Crippen LogP contribution in [0.1, 0.15) is 67.3 Å². The van der Waals surface area contributed by atoms with E-state index in [0.29, 0.717) is 5.41 Å². The normalized spacial score (nSPS) is 33.7. The predicted molar refractivity (Wildman–Crippen MR) is 89.2 cm³/mol. The van der Waals surface area contributed by atoms with Crippen molar-refractivity contribution < 1.29 is 14.4 Å². The van der Waals surface area contributed by atoms with Gasteiger partial charge in [0.25, 0.3) is 5.91 Å². The van der Waals surface area contributed by atoms with Crippen LogP contribution in [0.4, 0.5) is 4.39 Å². The van der Waals surface area contributed by atoms with Gasteiger partial charge in [0, 0.05) is 0 Å². The Labute approximate surface area is 142 Å².